The lowest BCUT2D eigenvalue weighted by Crippen LogP contribution is -2.46. The van der Waals surface area contributed by atoms with Gasteiger partial charge in [0.15, 0.2) is 0 Å². The largest absolute Gasteiger partial charge is 0.481 e. The summed E-state index contributed by atoms with van der Waals surface area (Å²) in [6.07, 6.45) is 2.46. The molecule has 3 N–H and O–H groups in total. The van der Waals surface area contributed by atoms with Crippen LogP contribution in [0.1, 0.15) is 46.0 Å². The Kier molecular flexibility index (Phi) is 5.79. The van der Waals surface area contributed by atoms with Crippen molar-refractivity contribution in [3.63, 3.8) is 0 Å². The van der Waals surface area contributed by atoms with Gasteiger partial charge in [-0.1, -0.05) is 13.8 Å². The van der Waals surface area contributed by atoms with E-state index < -0.39 is 17.9 Å². The number of carbonyl (C=O) groups excluding carboxylic acids is 2. The zero-order chi connectivity index (χ0) is 14.4. The van der Waals surface area contributed by atoms with Crippen LogP contribution in [0.3, 0.4) is 0 Å². The van der Waals surface area contributed by atoms with Gasteiger partial charge in [-0.25, -0.2) is 4.79 Å². The highest BCUT2D eigenvalue weighted by atomic mass is 16.4. The molecule has 108 valence electrons. The van der Waals surface area contributed by atoms with Crippen LogP contribution < -0.4 is 10.6 Å². The predicted molar refractivity (Wildman–Crippen MR) is 69.5 cm³/mol. The zero-order valence-corrected chi connectivity index (χ0v) is 11.4. The van der Waals surface area contributed by atoms with Crippen LogP contribution in [0.2, 0.25) is 0 Å². The monoisotopic (exact) mass is 270 g/mol. The molecule has 1 aliphatic carbocycles. The van der Waals surface area contributed by atoms with Gasteiger partial charge in [-0.05, 0) is 31.1 Å². The molecule has 19 heavy (non-hydrogen) atoms. The Hall–Kier alpha value is -1.59. The van der Waals surface area contributed by atoms with Gasteiger partial charge in [-0.15, -0.1) is 0 Å². The zero-order valence-electron chi connectivity index (χ0n) is 11.4. The van der Waals surface area contributed by atoms with Gasteiger partial charge in [0.25, 0.3) is 0 Å². The molecule has 0 aromatic heterocycles. The minimum atomic E-state index is -1.05. The number of hydrogen-bond acceptors (Lipinski definition) is 3. The summed E-state index contributed by atoms with van der Waals surface area (Å²) >= 11 is 0. The van der Waals surface area contributed by atoms with E-state index in [1.165, 1.54) is 0 Å². The molecule has 0 heterocycles. The molecular formula is C13H22N2O4. The first-order valence-corrected chi connectivity index (χ1v) is 6.70. The third-order valence-corrected chi connectivity index (χ3v) is 3.75. The van der Waals surface area contributed by atoms with Crippen LogP contribution >= 0.6 is 0 Å². The van der Waals surface area contributed by atoms with Crippen LogP contribution in [0.4, 0.5) is 4.79 Å². The molecule has 1 rings (SSSR count). The number of nitrogens with one attached hydrogen (secondary N) is 2. The highest BCUT2D eigenvalue weighted by molar-refractivity contribution is 5.95. The quantitative estimate of drug-likeness (QED) is 0.721. The summed E-state index contributed by atoms with van der Waals surface area (Å²) in [4.78, 5) is 33.1. The number of rotatable bonds is 4. The summed E-state index contributed by atoms with van der Waals surface area (Å²) in [6.45, 7) is 4.37. The Morgan fingerprint density at radius 1 is 1.11 bits per heavy atom. The van der Waals surface area contributed by atoms with Crippen LogP contribution in [-0.2, 0) is 9.59 Å². The molecule has 3 amide bonds. The maximum absolute atomic E-state index is 11.6. The molecule has 0 spiro atoms. The maximum Gasteiger partial charge on any atom is 0.321 e. The number of hydrogen-bond donors (Lipinski definition) is 3. The number of urea groups is 1. The smallest absolute Gasteiger partial charge is 0.321 e. The molecule has 6 heteroatoms. The van der Waals surface area contributed by atoms with E-state index in [9.17, 15) is 14.4 Å². The van der Waals surface area contributed by atoms with Crippen molar-refractivity contribution in [2.45, 2.75) is 52.0 Å². The minimum Gasteiger partial charge on any atom is -0.481 e. The highest BCUT2D eigenvalue weighted by Crippen LogP contribution is 2.29. The summed E-state index contributed by atoms with van der Waals surface area (Å²) in [5.74, 6) is -0.386. The van der Waals surface area contributed by atoms with E-state index in [0.717, 1.165) is 19.3 Å². The van der Waals surface area contributed by atoms with Crippen molar-refractivity contribution in [3.8, 4) is 0 Å². The molecule has 0 saturated heterocycles. The van der Waals surface area contributed by atoms with Crippen LogP contribution in [0.25, 0.3) is 0 Å². The number of amides is 3. The summed E-state index contributed by atoms with van der Waals surface area (Å²) in [6, 6.07) is -0.430. The molecule has 0 aromatic rings. The van der Waals surface area contributed by atoms with Gasteiger partial charge < -0.3 is 10.4 Å². The summed E-state index contributed by atoms with van der Waals surface area (Å²) in [5, 5.41) is 13.4. The van der Waals surface area contributed by atoms with E-state index in [1.54, 1.807) is 0 Å². The van der Waals surface area contributed by atoms with Crippen LogP contribution in [0.5, 0.6) is 0 Å². The molecule has 0 aromatic carbocycles. The summed E-state index contributed by atoms with van der Waals surface area (Å²) in [5.41, 5.74) is 0. The first-order valence-electron chi connectivity index (χ1n) is 6.70. The van der Waals surface area contributed by atoms with Crippen molar-refractivity contribution in [2.75, 3.05) is 0 Å². The van der Waals surface area contributed by atoms with Crippen LogP contribution in [-0.4, -0.2) is 29.1 Å². The number of carbonyl (C=O) groups is 3. The second-order valence-corrected chi connectivity index (χ2v) is 5.38. The topological polar surface area (TPSA) is 95.5 Å². The van der Waals surface area contributed by atoms with Crippen molar-refractivity contribution in [1.29, 1.82) is 0 Å². The Morgan fingerprint density at radius 3 is 2.37 bits per heavy atom. The van der Waals surface area contributed by atoms with Gasteiger partial charge in [0.1, 0.15) is 0 Å². The molecule has 3 unspecified atom stereocenters. The fourth-order valence-electron chi connectivity index (χ4n) is 2.31. The molecule has 0 radical (unpaired) electrons. The third-order valence-electron chi connectivity index (χ3n) is 3.75. The molecule has 1 aliphatic rings. The second-order valence-electron chi connectivity index (χ2n) is 5.38. The minimum absolute atomic E-state index is 0.0958. The van der Waals surface area contributed by atoms with E-state index in [1.807, 2.05) is 0 Å². The highest BCUT2D eigenvalue weighted by Gasteiger charge is 2.25. The second kappa shape index (κ2) is 7.11. The SMILES string of the molecule is CC1CCC(NC(=O)NC(=O)CCC(=O)O)CC1C. The predicted octanol–water partition coefficient (Wildman–Crippen LogP) is 1.50. The number of carboxylic acid groups (broad SMARTS) is 1. The Labute approximate surface area is 112 Å². The first-order chi connectivity index (χ1) is 8.88. The van der Waals surface area contributed by atoms with Crippen LogP contribution in [0.15, 0.2) is 0 Å². The molecular weight excluding hydrogens is 248 g/mol. The van der Waals surface area contributed by atoms with E-state index in [4.69, 9.17) is 5.11 Å². The first kappa shape index (κ1) is 15.5. The Morgan fingerprint density at radius 2 is 1.79 bits per heavy atom. The van der Waals surface area contributed by atoms with Crippen molar-refractivity contribution < 1.29 is 19.5 Å². The average molecular weight is 270 g/mol. The maximum atomic E-state index is 11.6. The Bertz CT molecular complexity index is 357. The van der Waals surface area contributed by atoms with E-state index in [2.05, 4.69) is 24.5 Å². The lowest BCUT2D eigenvalue weighted by atomic mass is 9.79. The average Bonchev–Trinajstić information content (AvgIpc) is 2.31. The molecule has 1 fully saturated rings. The van der Waals surface area contributed by atoms with Gasteiger partial charge in [-0.3, -0.25) is 14.9 Å². The molecule has 3 atom stereocenters. The number of carboxylic acids is 1. The third kappa shape index (κ3) is 5.72. The van der Waals surface area contributed by atoms with E-state index >= 15 is 0 Å². The van der Waals surface area contributed by atoms with Gasteiger partial charge in [0.2, 0.25) is 5.91 Å². The van der Waals surface area contributed by atoms with Crippen LogP contribution in [0, 0.1) is 11.8 Å². The summed E-state index contributed by atoms with van der Waals surface area (Å²) < 4.78 is 0. The number of aliphatic carboxylic acids is 1. The lowest BCUT2D eigenvalue weighted by Gasteiger charge is -2.32. The normalized spacial score (nSPS) is 26.5. The number of imide groups is 1. The molecule has 6 nitrogen and oxygen atoms in total. The Balaban J connectivity index is 2.27. The summed E-state index contributed by atoms with van der Waals surface area (Å²) in [7, 11) is 0. The van der Waals surface area contributed by atoms with Gasteiger partial charge in [0, 0.05) is 12.5 Å². The van der Waals surface area contributed by atoms with Gasteiger partial charge in [0.05, 0.1) is 6.42 Å². The van der Waals surface area contributed by atoms with Gasteiger partial charge >= 0.3 is 12.0 Å². The molecule has 1 saturated carbocycles. The van der Waals surface area contributed by atoms with Crippen molar-refractivity contribution >= 4 is 17.9 Å². The standard InChI is InChI=1S/C13H22N2O4/c1-8-3-4-10(7-9(8)2)14-13(19)15-11(16)5-6-12(17)18/h8-10H,3-7H2,1-2H3,(H,17,18)(H2,14,15,16,19). The van der Waals surface area contributed by atoms with E-state index in [0.29, 0.717) is 11.8 Å². The van der Waals surface area contributed by atoms with Gasteiger partial charge in [-0.2, -0.15) is 0 Å². The fourth-order valence-corrected chi connectivity index (χ4v) is 2.31. The molecule has 0 aliphatic heterocycles. The molecule has 0 bridgehead atoms. The van der Waals surface area contributed by atoms with E-state index in [-0.39, 0.29) is 18.9 Å². The fraction of sp³-hybridized carbons (Fsp3) is 0.769. The van der Waals surface area contributed by atoms with Crippen molar-refractivity contribution in [2.24, 2.45) is 11.8 Å². The lowest BCUT2D eigenvalue weighted by molar-refractivity contribution is -0.138. The van der Waals surface area contributed by atoms with Crippen molar-refractivity contribution in [1.82, 2.24) is 10.6 Å². The van der Waals surface area contributed by atoms with Crippen molar-refractivity contribution in [3.05, 3.63) is 0 Å².